The summed E-state index contributed by atoms with van der Waals surface area (Å²) in [5, 5.41) is 10.1. The number of hydrogen-bond donors (Lipinski definition) is 1. The van der Waals surface area contributed by atoms with Crippen LogP contribution in [0.2, 0.25) is 0 Å². The minimum Gasteiger partial charge on any atom is -0.388 e. The second-order valence-corrected chi connectivity index (χ2v) is 4.89. The fourth-order valence-electron chi connectivity index (χ4n) is 2.55. The summed E-state index contributed by atoms with van der Waals surface area (Å²) >= 11 is 0. The van der Waals surface area contributed by atoms with Crippen molar-refractivity contribution in [2.45, 2.75) is 58.0 Å². The molecule has 0 bridgehead atoms. The van der Waals surface area contributed by atoms with Crippen molar-refractivity contribution in [1.82, 2.24) is 0 Å². The molecule has 0 amide bonds. The van der Waals surface area contributed by atoms with E-state index < -0.39 is 0 Å². The topological polar surface area (TPSA) is 20.2 Å². The lowest BCUT2D eigenvalue weighted by Crippen LogP contribution is -1.98. The van der Waals surface area contributed by atoms with E-state index in [1.165, 1.54) is 43.2 Å². The van der Waals surface area contributed by atoms with Gasteiger partial charge in [0, 0.05) is 0 Å². The lowest BCUT2D eigenvalue weighted by Gasteiger charge is -2.12. The van der Waals surface area contributed by atoms with Crippen LogP contribution in [0.25, 0.3) is 0 Å². The molecule has 1 aliphatic rings. The largest absolute Gasteiger partial charge is 0.388 e. The number of rotatable bonds is 5. The van der Waals surface area contributed by atoms with Crippen LogP contribution in [0, 0.1) is 0 Å². The first-order chi connectivity index (χ1) is 7.81. The van der Waals surface area contributed by atoms with E-state index in [1.54, 1.807) is 0 Å². The number of hydrogen-bond acceptors (Lipinski definition) is 1. The van der Waals surface area contributed by atoms with Crippen molar-refractivity contribution in [3.8, 4) is 0 Å². The molecular weight excluding hydrogens is 196 g/mol. The summed E-state index contributed by atoms with van der Waals surface area (Å²) in [6.07, 6.45) is 7.94. The summed E-state index contributed by atoms with van der Waals surface area (Å²) in [5.41, 5.74) is 4.08. The van der Waals surface area contributed by atoms with Gasteiger partial charge in [0.1, 0.15) is 0 Å². The maximum absolute atomic E-state index is 10.1. The van der Waals surface area contributed by atoms with E-state index in [0.717, 1.165) is 18.4 Å². The summed E-state index contributed by atoms with van der Waals surface area (Å²) in [7, 11) is 0. The first-order valence-corrected chi connectivity index (χ1v) is 6.61. The molecule has 1 aromatic rings. The Balaban J connectivity index is 1.98. The number of unbranched alkanes of at least 4 members (excludes halogenated alkanes) is 2. The predicted octanol–water partition coefficient (Wildman–Crippen LogP) is 3.79. The first-order valence-electron chi connectivity index (χ1n) is 6.61. The highest BCUT2D eigenvalue weighted by Gasteiger charge is 2.13. The van der Waals surface area contributed by atoms with Crippen molar-refractivity contribution in [2.75, 3.05) is 0 Å². The van der Waals surface area contributed by atoms with E-state index in [2.05, 4.69) is 25.1 Å². The molecule has 1 aromatic carbocycles. The van der Waals surface area contributed by atoms with Gasteiger partial charge in [-0.1, -0.05) is 44.4 Å². The molecule has 88 valence electrons. The third kappa shape index (κ3) is 2.65. The van der Waals surface area contributed by atoms with E-state index in [4.69, 9.17) is 0 Å². The van der Waals surface area contributed by atoms with Crippen LogP contribution in [0.5, 0.6) is 0 Å². The van der Waals surface area contributed by atoms with Crippen LogP contribution in [0.15, 0.2) is 18.2 Å². The zero-order valence-electron chi connectivity index (χ0n) is 10.2. The van der Waals surface area contributed by atoms with Gasteiger partial charge in [-0.15, -0.1) is 0 Å². The van der Waals surface area contributed by atoms with Crippen molar-refractivity contribution in [3.05, 3.63) is 34.9 Å². The van der Waals surface area contributed by atoms with Crippen LogP contribution in [-0.2, 0) is 12.8 Å². The Morgan fingerprint density at radius 1 is 1.19 bits per heavy atom. The van der Waals surface area contributed by atoms with Crippen LogP contribution >= 0.6 is 0 Å². The van der Waals surface area contributed by atoms with Crippen molar-refractivity contribution < 1.29 is 5.11 Å². The van der Waals surface area contributed by atoms with Gasteiger partial charge in [0.05, 0.1) is 6.10 Å². The molecule has 0 aliphatic heterocycles. The Labute approximate surface area is 98.5 Å². The maximum Gasteiger partial charge on any atom is 0.0790 e. The van der Waals surface area contributed by atoms with Gasteiger partial charge < -0.3 is 5.11 Å². The average Bonchev–Trinajstić information content (AvgIpc) is 2.76. The number of aryl methyl sites for hydroxylation is 2. The van der Waals surface area contributed by atoms with Gasteiger partial charge in [0.15, 0.2) is 0 Å². The van der Waals surface area contributed by atoms with Gasteiger partial charge in [0.2, 0.25) is 0 Å². The zero-order chi connectivity index (χ0) is 11.4. The number of aliphatic hydroxyl groups is 1. The van der Waals surface area contributed by atoms with Crippen LogP contribution in [0.3, 0.4) is 0 Å². The second kappa shape index (κ2) is 5.49. The number of aliphatic hydroxyl groups excluding tert-OH is 1. The molecule has 0 saturated carbocycles. The molecule has 1 N–H and O–H groups in total. The fourth-order valence-corrected chi connectivity index (χ4v) is 2.55. The van der Waals surface area contributed by atoms with Crippen molar-refractivity contribution in [3.63, 3.8) is 0 Å². The highest BCUT2D eigenvalue weighted by molar-refractivity contribution is 5.36. The van der Waals surface area contributed by atoms with Crippen LogP contribution in [0.4, 0.5) is 0 Å². The molecule has 1 aliphatic carbocycles. The van der Waals surface area contributed by atoms with Crippen LogP contribution in [0.1, 0.15) is 61.8 Å². The molecule has 0 spiro atoms. The molecule has 1 nitrogen and oxygen atoms in total. The lowest BCUT2D eigenvalue weighted by atomic mass is 9.99. The van der Waals surface area contributed by atoms with Gasteiger partial charge in [-0.3, -0.25) is 0 Å². The third-order valence-corrected chi connectivity index (χ3v) is 3.59. The summed E-state index contributed by atoms with van der Waals surface area (Å²) in [6.45, 7) is 2.20. The maximum atomic E-state index is 10.1. The minimum absolute atomic E-state index is 0.252. The predicted molar refractivity (Wildman–Crippen MR) is 67.6 cm³/mol. The zero-order valence-corrected chi connectivity index (χ0v) is 10.2. The number of fused-ring (bicyclic) bond motifs is 1. The van der Waals surface area contributed by atoms with E-state index in [1.807, 2.05) is 0 Å². The summed E-state index contributed by atoms with van der Waals surface area (Å²) in [5.74, 6) is 0. The molecule has 0 radical (unpaired) electrons. The summed E-state index contributed by atoms with van der Waals surface area (Å²) in [4.78, 5) is 0. The minimum atomic E-state index is -0.252. The molecule has 0 heterocycles. The monoisotopic (exact) mass is 218 g/mol. The summed E-state index contributed by atoms with van der Waals surface area (Å²) < 4.78 is 0. The molecular formula is C15H22O. The Bertz CT molecular complexity index is 343. The highest BCUT2D eigenvalue weighted by Crippen LogP contribution is 2.27. The molecule has 2 rings (SSSR count). The Kier molecular flexibility index (Phi) is 4.00. The van der Waals surface area contributed by atoms with Crippen LogP contribution < -0.4 is 0 Å². The smallest absolute Gasteiger partial charge is 0.0790 e. The molecule has 1 unspecified atom stereocenters. The van der Waals surface area contributed by atoms with Crippen molar-refractivity contribution >= 4 is 0 Å². The molecule has 1 heteroatoms. The third-order valence-electron chi connectivity index (χ3n) is 3.59. The van der Waals surface area contributed by atoms with E-state index in [9.17, 15) is 5.11 Å². The quantitative estimate of drug-likeness (QED) is 0.745. The SMILES string of the molecule is CCCCCC(O)c1ccc2c(c1)CCC2. The molecule has 0 aromatic heterocycles. The first kappa shape index (κ1) is 11.7. The van der Waals surface area contributed by atoms with Gasteiger partial charge in [-0.2, -0.15) is 0 Å². The summed E-state index contributed by atoms with van der Waals surface area (Å²) in [6, 6.07) is 6.54. The van der Waals surface area contributed by atoms with Crippen LogP contribution in [-0.4, -0.2) is 5.11 Å². The standard InChI is InChI=1S/C15H22O/c1-2-3-4-8-15(16)14-10-9-12-6-5-7-13(12)11-14/h9-11,15-16H,2-8H2,1H3. The average molecular weight is 218 g/mol. The van der Waals surface area contributed by atoms with Crippen molar-refractivity contribution in [2.24, 2.45) is 0 Å². The van der Waals surface area contributed by atoms with E-state index >= 15 is 0 Å². The van der Waals surface area contributed by atoms with Gasteiger partial charge in [0.25, 0.3) is 0 Å². The number of benzene rings is 1. The molecule has 0 saturated heterocycles. The Hall–Kier alpha value is -0.820. The van der Waals surface area contributed by atoms with E-state index in [-0.39, 0.29) is 6.10 Å². The molecule has 1 atom stereocenters. The molecule has 0 fully saturated rings. The Morgan fingerprint density at radius 3 is 2.81 bits per heavy atom. The Morgan fingerprint density at radius 2 is 2.00 bits per heavy atom. The molecule has 16 heavy (non-hydrogen) atoms. The van der Waals surface area contributed by atoms with Crippen molar-refractivity contribution in [1.29, 1.82) is 0 Å². The fraction of sp³-hybridized carbons (Fsp3) is 0.600. The van der Waals surface area contributed by atoms with Gasteiger partial charge in [-0.25, -0.2) is 0 Å². The normalized spacial score (nSPS) is 16.1. The highest BCUT2D eigenvalue weighted by atomic mass is 16.3. The lowest BCUT2D eigenvalue weighted by molar-refractivity contribution is 0.163. The van der Waals surface area contributed by atoms with Gasteiger partial charge >= 0.3 is 0 Å². The van der Waals surface area contributed by atoms with Gasteiger partial charge in [-0.05, 0) is 42.4 Å². The second-order valence-electron chi connectivity index (χ2n) is 4.89. The van der Waals surface area contributed by atoms with E-state index in [0.29, 0.717) is 0 Å².